The van der Waals surface area contributed by atoms with Crippen LogP contribution in [0, 0.1) is 0 Å². The molecule has 0 saturated carbocycles. The number of methoxy groups -OCH3 is 2. The predicted octanol–water partition coefficient (Wildman–Crippen LogP) is 2.68. The van der Waals surface area contributed by atoms with Crippen LogP contribution in [0.5, 0.6) is 11.6 Å². The lowest BCUT2D eigenvalue weighted by Crippen LogP contribution is -2.50. The molecule has 1 unspecified atom stereocenters. The molecule has 1 aliphatic rings. The molecular formula is C25H25N5O4S. The fraction of sp³-hybridized carbons (Fsp3) is 0.240. The van der Waals surface area contributed by atoms with Crippen molar-refractivity contribution in [3.63, 3.8) is 0 Å². The molecule has 1 aliphatic heterocycles. The average Bonchev–Trinajstić information content (AvgIpc) is 3.12. The molecule has 0 bridgehead atoms. The Morgan fingerprint density at radius 1 is 1.03 bits per heavy atom. The van der Waals surface area contributed by atoms with Crippen molar-refractivity contribution in [3.8, 4) is 11.6 Å². The van der Waals surface area contributed by atoms with Crippen LogP contribution >= 0.6 is 12.2 Å². The van der Waals surface area contributed by atoms with Gasteiger partial charge in [0.25, 0.3) is 5.91 Å². The van der Waals surface area contributed by atoms with Crippen molar-refractivity contribution in [2.24, 2.45) is 0 Å². The van der Waals surface area contributed by atoms with Crippen molar-refractivity contribution in [1.82, 2.24) is 20.4 Å². The summed E-state index contributed by atoms with van der Waals surface area (Å²) in [6.45, 7) is 0.425. The van der Waals surface area contributed by atoms with Gasteiger partial charge in [0.15, 0.2) is 16.5 Å². The van der Waals surface area contributed by atoms with Gasteiger partial charge in [-0.05, 0) is 48.0 Å². The molecule has 2 amide bonds. The van der Waals surface area contributed by atoms with E-state index in [0.717, 1.165) is 11.3 Å². The van der Waals surface area contributed by atoms with Crippen molar-refractivity contribution >= 4 is 35.0 Å². The molecule has 1 atom stereocenters. The lowest BCUT2D eigenvalue weighted by Gasteiger charge is -2.36. The van der Waals surface area contributed by atoms with E-state index in [4.69, 9.17) is 21.7 Å². The van der Waals surface area contributed by atoms with Gasteiger partial charge in [0, 0.05) is 12.6 Å². The third kappa shape index (κ3) is 5.07. The highest BCUT2D eigenvalue weighted by Gasteiger charge is 2.53. The fourth-order valence-electron chi connectivity index (χ4n) is 4.08. The normalized spacial score (nSPS) is 17.1. The number of hydrogen-bond acceptors (Lipinski definition) is 7. The Morgan fingerprint density at radius 2 is 1.77 bits per heavy atom. The first-order chi connectivity index (χ1) is 17.0. The highest BCUT2D eigenvalue weighted by molar-refractivity contribution is 7.80. The molecule has 9 nitrogen and oxygen atoms in total. The first kappa shape index (κ1) is 24.1. The number of aromatic nitrogens is 2. The minimum Gasteiger partial charge on any atom is -0.497 e. The van der Waals surface area contributed by atoms with Gasteiger partial charge in [0.1, 0.15) is 5.75 Å². The van der Waals surface area contributed by atoms with Crippen molar-refractivity contribution in [1.29, 1.82) is 0 Å². The molecule has 1 fully saturated rings. The second-order valence-corrected chi connectivity index (χ2v) is 8.31. The molecule has 2 heterocycles. The number of rotatable bonds is 9. The van der Waals surface area contributed by atoms with E-state index < -0.39 is 11.4 Å². The number of anilines is 1. The lowest BCUT2D eigenvalue weighted by molar-refractivity contribution is -0.131. The largest absolute Gasteiger partial charge is 0.497 e. The van der Waals surface area contributed by atoms with Crippen molar-refractivity contribution in [2.75, 3.05) is 26.1 Å². The van der Waals surface area contributed by atoms with Crippen LogP contribution in [0.4, 0.5) is 5.82 Å². The predicted molar refractivity (Wildman–Crippen MR) is 134 cm³/mol. The summed E-state index contributed by atoms with van der Waals surface area (Å²) >= 11 is 5.54. The molecule has 2 N–H and O–H groups in total. The summed E-state index contributed by atoms with van der Waals surface area (Å²) in [5.41, 5.74) is 0.408. The Hall–Kier alpha value is -4.05. The van der Waals surface area contributed by atoms with E-state index in [0.29, 0.717) is 24.4 Å². The number of thiocarbonyl (C=S) groups is 1. The first-order valence-electron chi connectivity index (χ1n) is 11.0. The van der Waals surface area contributed by atoms with Crippen molar-refractivity contribution in [2.45, 2.75) is 18.4 Å². The maximum Gasteiger partial charge on any atom is 0.257 e. The summed E-state index contributed by atoms with van der Waals surface area (Å²) < 4.78 is 10.2. The Labute approximate surface area is 208 Å². The molecule has 180 valence electrons. The topological polar surface area (TPSA) is 106 Å². The minimum absolute atomic E-state index is 0.167. The van der Waals surface area contributed by atoms with Gasteiger partial charge >= 0.3 is 0 Å². The zero-order valence-corrected chi connectivity index (χ0v) is 20.2. The number of ether oxygens (including phenoxy) is 2. The number of hydrogen-bond donors (Lipinski definition) is 2. The van der Waals surface area contributed by atoms with E-state index in [1.165, 1.54) is 7.11 Å². The van der Waals surface area contributed by atoms with E-state index in [-0.39, 0.29) is 23.3 Å². The standard InChI is InChI=1S/C25H25N5O4S/c1-33-19-10-8-17(9-11-19)14-15-30-24(35)27-23(32)25(30,18-6-4-3-5-7-18)16-21(31)26-20-12-13-22(34-2)29-28-20/h3-13H,14-16H2,1-2H3,(H,26,28,31)(H,27,32,35). The van der Waals surface area contributed by atoms with E-state index in [1.54, 1.807) is 24.1 Å². The molecule has 1 saturated heterocycles. The minimum atomic E-state index is -1.31. The quantitative estimate of drug-likeness (QED) is 0.440. The molecule has 0 aliphatic carbocycles. The Kier molecular flexibility index (Phi) is 7.21. The third-order valence-electron chi connectivity index (χ3n) is 5.87. The van der Waals surface area contributed by atoms with Crippen LogP contribution in [0.3, 0.4) is 0 Å². The second kappa shape index (κ2) is 10.5. The fourth-order valence-corrected chi connectivity index (χ4v) is 4.42. The number of carbonyl (C=O) groups excluding carboxylic acids is 2. The summed E-state index contributed by atoms with van der Waals surface area (Å²) in [7, 11) is 3.10. The summed E-state index contributed by atoms with van der Waals surface area (Å²) in [5.74, 6) is 0.597. The maximum absolute atomic E-state index is 13.4. The molecule has 35 heavy (non-hydrogen) atoms. The zero-order chi connectivity index (χ0) is 24.8. The highest BCUT2D eigenvalue weighted by Crippen LogP contribution is 2.37. The van der Waals surface area contributed by atoms with Crippen molar-refractivity contribution in [3.05, 3.63) is 77.9 Å². The van der Waals surface area contributed by atoms with Gasteiger partial charge in [0.05, 0.1) is 20.6 Å². The SMILES string of the molecule is COc1ccc(CCN2C(=S)NC(=O)C2(CC(=O)Nc2ccc(OC)nn2)c2ccccc2)cc1. The Morgan fingerprint density at radius 3 is 2.40 bits per heavy atom. The lowest BCUT2D eigenvalue weighted by atomic mass is 9.84. The van der Waals surface area contributed by atoms with Crippen LogP contribution in [-0.2, 0) is 21.5 Å². The number of carbonyl (C=O) groups is 2. The first-order valence-corrected chi connectivity index (χ1v) is 11.4. The number of nitrogens with zero attached hydrogens (tertiary/aromatic N) is 3. The molecule has 3 aromatic rings. The van der Waals surface area contributed by atoms with Gasteiger partial charge in [-0.1, -0.05) is 42.5 Å². The second-order valence-electron chi connectivity index (χ2n) is 7.92. The van der Waals surface area contributed by atoms with E-state index >= 15 is 0 Å². The van der Waals surface area contributed by atoms with E-state index in [2.05, 4.69) is 20.8 Å². The van der Waals surface area contributed by atoms with E-state index in [9.17, 15) is 9.59 Å². The third-order valence-corrected chi connectivity index (χ3v) is 6.19. The zero-order valence-electron chi connectivity index (χ0n) is 19.4. The molecule has 2 aromatic carbocycles. The number of amides is 2. The molecular weight excluding hydrogens is 466 g/mol. The van der Waals surface area contributed by atoms with Gasteiger partial charge in [-0.2, -0.15) is 0 Å². The number of benzene rings is 2. The van der Waals surface area contributed by atoms with Crippen LogP contribution in [0.15, 0.2) is 66.7 Å². The molecule has 1 aromatic heterocycles. The van der Waals surface area contributed by atoms with Crippen LogP contribution < -0.4 is 20.1 Å². The molecule has 0 radical (unpaired) electrons. The molecule has 10 heteroatoms. The van der Waals surface area contributed by atoms with Gasteiger partial charge in [0.2, 0.25) is 11.8 Å². The van der Waals surface area contributed by atoms with Crippen LogP contribution in [0.2, 0.25) is 0 Å². The molecule has 4 rings (SSSR count). The van der Waals surface area contributed by atoms with Gasteiger partial charge in [-0.15, -0.1) is 10.2 Å². The Balaban J connectivity index is 1.61. The van der Waals surface area contributed by atoms with Gasteiger partial charge in [-0.3, -0.25) is 9.59 Å². The summed E-state index contributed by atoms with van der Waals surface area (Å²) in [6, 6.07) is 20.1. The average molecular weight is 492 g/mol. The van der Waals surface area contributed by atoms with Gasteiger partial charge < -0.3 is 25.0 Å². The monoisotopic (exact) mass is 491 g/mol. The van der Waals surface area contributed by atoms with Crippen molar-refractivity contribution < 1.29 is 19.1 Å². The van der Waals surface area contributed by atoms with Crippen LogP contribution in [0.25, 0.3) is 0 Å². The highest BCUT2D eigenvalue weighted by atomic mass is 32.1. The Bertz CT molecular complexity index is 1200. The smallest absolute Gasteiger partial charge is 0.257 e. The maximum atomic E-state index is 13.4. The van der Waals surface area contributed by atoms with E-state index in [1.807, 2.05) is 54.6 Å². The number of nitrogens with one attached hydrogen (secondary N) is 2. The summed E-state index contributed by atoms with van der Waals surface area (Å²) in [4.78, 5) is 28.4. The summed E-state index contributed by atoms with van der Waals surface area (Å²) in [6.07, 6.45) is 0.443. The van der Waals surface area contributed by atoms with Crippen LogP contribution in [0.1, 0.15) is 17.5 Å². The van der Waals surface area contributed by atoms with Gasteiger partial charge in [-0.25, -0.2) is 0 Å². The van der Waals surface area contributed by atoms with Crippen LogP contribution in [-0.4, -0.2) is 52.8 Å². The summed E-state index contributed by atoms with van der Waals surface area (Å²) in [5, 5.41) is 13.6. The molecule has 0 spiro atoms.